The van der Waals surface area contributed by atoms with Crippen molar-refractivity contribution in [3.63, 3.8) is 0 Å². The molecule has 2 heterocycles. The zero-order valence-electron chi connectivity index (χ0n) is 13.7. The molecule has 6 fully saturated rings. The Kier molecular flexibility index (Phi) is 2.35. The van der Waals surface area contributed by atoms with Crippen LogP contribution in [-0.2, 0) is 4.74 Å². The first-order valence-corrected chi connectivity index (χ1v) is 9.19. The summed E-state index contributed by atoms with van der Waals surface area (Å²) in [4.78, 5) is 0. The normalized spacial score (nSPS) is 65.0. The van der Waals surface area contributed by atoms with Crippen molar-refractivity contribution in [2.45, 2.75) is 95.9 Å². The van der Waals surface area contributed by atoms with Gasteiger partial charge >= 0.3 is 0 Å². The van der Waals surface area contributed by atoms with Gasteiger partial charge in [-0.15, -0.1) is 0 Å². The summed E-state index contributed by atoms with van der Waals surface area (Å²) in [5, 5.41) is 11.8. The van der Waals surface area contributed by atoms with E-state index in [9.17, 15) is 5.11 Å². The minimum Gasteiger partial charge on any atom is -0.389 e. The van der Waals surface area contributed by atoms with E-state index in [1.165, 1.54) is 51.4 Å². The lowest BCUT2D eigenvalue weighted by molar-refractivity contribution is -0.255. The quantitative estimate of drug-likeness (QED) is 0.789. The van der Waals surface area contributed by atoms with Crippen LogP contribution in [0.2, 0.25) is 0 Å². The zero-order chi connectivity index (χ0) is 14.5. The topological polar surface area (TPSA) is 29.5 Å². The lowest BCUT2D eigenvalue weighted by atomic mass is 9.37. The highest BCUT2D eigenvalue weighted by molar-refractivity contribution is 5.17. The Morgan fingerprint density at radius 2 is 1.38 bits per heavy atom. The molecular formula is C19H30O2. The van der Waals surface area contributed by atoms with Gasteiger partial charge in [-0.3, -0.25) is 0 Å². The number of hydrogen-bond donors (Lipinski definition) is 1. The van der Waals surface area contributed by atoms with Crippen molar-refractivity contribution in [2.75, 3.05) is 0 Å². The molecule has 118 valence electrons. The fourth-order valence-corrected chi connectivity index (χ4v) is 8.32. The Morgan fingerprint density at radius 3 is 1.90 bits per heavy atom. The molecule has 2 saturated heterocycles. The van der Waals surface area contributed by atoms with Crippen molar-refractivity contribution in [1.29, 1.82) is 0 Å². The molecular weight excluding hydrogens is 260 g/mol. The summed E-state index contributed by atoms with van der Waals surface area (Å²) in [6.07, 6.45) is 13.0. The van der Waals surface area contributed by atoms with Gasteiger partial charge in [0.05, 0.1) is 17.8 Å². The molecule has 2 nitrogen and oxygen atoms in total. The minimum absolute atomic E-state index is 0.209. The van der Waals surface area contributed by atoms with Crippen molar-refractivity contribution < 1.29 is 9.84 Å². The fourth-order valence-electron chi connectivity index (χ4n) is 8.32. The van der Waals surface area contributed by atoms with E-state index in [1.54, 1.807) is 0 Å². The monoisotopic (exact) mass is 290 g/mol. The van der Waals surface area contributed by atoms with Crippen LogP contribution in [0.5, 0.6) is 0 Å². The first-order chi connectivity index (χ1) is 9.81. The van der Waals surface area contributed by atoms with Gasteiger partial charge in [-0.2, -0.15) is 0 Å². The highest BCUT2D eigenvalue weighted by atomic mass is 16.5. The summed E-state index contributed by atoms with van der Waals surface area (Å²) in [7, 11) is 0. The average molecular weight is 290 g/mol. The summed E-state index contributed by atoms with van der Waals surface area (Å²) in [6, 6.07) is 0. The van der Waals surface area contributed by atoms with Crippen LogP contribution in [0.1, 0.15) is 78.1 Å². The van der Waals surface area contributed by atoms with Crippen LogP contribution in [0.3, 0.4) is 0 Å². The smallest absolute Gasteiger partial charge is 0.0753 e. The van der Waals surface area contributed by atoms with Gasteiger partial charge in [0.2, 0.25) is 0 Å². The third-order valence-electron chi connectivity index (χ3n) is 7.94. The van der Waals surface area contributed by atoms with Crippen LogP contribution in [0.4, 0.5) is 0 Å². The number of aliphatic hydroxyl groups is 1. The van der Waals surface area contributed by atoms with E-state index in [-0.39, 0.29) is 5.41 Å². The molecule has 1 N–H and O–H groups in total. The lowest BCUT2D eigenvalue weighted by Crippen LogP contribution is -2.65. The number of fused-ring (bicyclic) bond motifs is 2. The van der Waals surface area contributed by atoms with Crippen molar-refractivity contribution >= 4 is 0 Å². The third-order valence-corrected chi connectivity index (χ3v) is 7.94. The van der Waals surface area contributed by atoms with Crippen LogP contribution in [0, 0.1) is 22.2 Å². The van der Waals surface area contributed by atoms with Crippen LogP contribution in [-0.4, -0.2) is 22.9 Å². The van der Waals surface area contributed by atoms with Gasteiger partial charge in [-0.1, -0.05) is 13.8 Å². The van der Waals surface area contributed by atoms with Gasteiger partial charge in [0.1, 0.15) is 0 Å². The molecule has 6 aliphatic rings. The Bertz CT molecular complexity index is 454. The second-order valence-electron chi connectivity index (χ2n) is 10.3. The maximum absolute atomic E-state index is 11.8. The molecule has 6 rings (SSSR count). The van der Waals surface area contributed by atoms with Gasteiger partial charge in [0, 0.05) is 18.3 Å². The number of hydrogen-bond acceptors (Lipinski definition) is 2. The maximum Gasteiger partial charge on any atom is 0.0753 e. The standard InChI is InChI=1S/C19H30O2/c1-16-5-13-6-17(2,10-16)12-18(7-13,11-16)19(20)8-14-3-4-15(9-19)21-14/h13-15,20H,3-12H2,1-2H3. The summed E-state index contributed by atoms with van der Waals surface area (Å²) < 4.78 is 6.05. The summed E-state index contributed by atoms with van der Waals surface area (Å²) >= 11 is 0. The van der Waals surface area contributed by atoms with Gasteiger partial charge in [-0.25, -0.2) is 0 Å². The second kappa shape index (κ2) is 3.70. The van der Waals surface area contributed by atoms with E-state index in [2.05, 4.69) is 13.8 Å². The first-order valence-electron chi connectivity index (χ1n) is 9.19. The Morgan fingerprint density at radius 1 is 0.810 bits per heavy atom. The molecule has 4 aliphatic carbocycles. The summed E-state index contributed by atoms with van der Waals surface area (Å²) in [5.41, 5.74) is 0.780. The van der Waals surface area contributed by atoms with Gasteiger partial charge < -0.3 is 9.84 Å². The average Bonchev–Trinajstić information content (AvgIpc) is 2.64. The van der Waals surface area contributed by atoms with Crippen LogP contribution in [0.15, 0.2) is 0 Å². The third kappa shape index (κ3) is 1.72. The van der Waals surface area contributed by atoms with E-state index >= 15 is 0 Å². The Hall–Kier alpha value is -0.0800. The van der Waals surface area contributed by atoms with Crippen molar-refractivity contribution in [1.82, 2.24) is 0 Å². The molecule has 2 heteroatoms. The zero-order valence-corrected chi connectivity index (χ0v) is 13.7. The molecule has 0 spiro atoms. The molecule has 4 atom stereocenters. The summed E-state index contributed by atoms with van der Waals surface area (Å²) in [6.45, 7) is 5.03. The van der Waals surface area contributed by atoms with Crippen LogP contribution >= 0.6 is 0 Å². The molecule has 0 aromatic carbocycles. The molecule has 0 aromatic heterocycles. The predicted octanol–water partition coefficient (Wildman–Crippen LogP) is 4.06. The lowest BCUT2D eigenvalue weighted by Gasteiger charge is -2.69. The van der Waals surface area contributed by atoms with E-state index in [1.807, 2.05) is 0 Å². The molecule has 4 unspecified atom stereocenters. The molecule has 0 radical (unpaired) electrons. The van der Waals surface area contributed by atoms with Crippen molar-refractivity contribution in [3.8, 4) is 0 Å². The Balaban J connectivity index is 1.56. The number of rotatable bonds is 1. The van der Waals surface area contributed by atoms with Gasteiger partial charge in [-0.05, 0) is 68.1 Å². The molecule has 0 aromatic rings. The number of ether oxygens (including phenoxy) is 1. The van der Waals surface area contributed by atoms with E-state index in [0.717, 1.165) is 18.8 Å². The molecule has 0 amide bonds. The SMILES string of the molecule is CC12CC3CC(C)(C1)CC(C1(O)CC4CCC(C1)O4)(C3)C2. The fraction of sp³-hybridized carbons (Fsp3) is 1.00. The van der Waals surface area contributed by atoms with Crippen LogP contribution < -0.4 is 0 Å². The second-order valence-corrected chi connectivity index (χ2v) is 10.3. The van der Waals surface area contributed by atoms with E-state index in [0.29, 0.717) is 23.0 Å². The summed E-state index contributed by atoms with van der Waals surface area (Å²) in [5.74, 6) is 0.876. The molecule has 21 heavy (non-hydrogen) atoms. The minimum atomic E-state index is -0.431. The van der Waals surface area contributed by atoms with Gasteiger partial charge in [0.15, 0.2) is 0 Å². The van der Waals surface area contributed by atoms with Crippen molar-refractivity contribution in [3.05, 3.63) is 0 Å². The maximum atomic E-state index is 11.8. The van der Waals surface area contributed by atoms with E-state index in [4.69, 9.17) is 4.74 Å². The molecule has 2 aliphatic heterocycles. The van der Waals surface area contributed by atoms with Crippen molar-refractivity contribution in [2.24, 2.45) is 22.2 Å². The predicted molar refractivity (Wildman–Crippen MR) is 81.9 cm³/mol. The first kappa shape index (κ1) is 13.4. The van der Waals surface area contributed by atoms with Gasteiger partial charge in [0.25, 0.3) is 0 Å². The largest absolute Gasteiger partial charge is 0.389 e. The molecule has 6 bridgehead atoms. The van der Waals surface area contributed by atoms with Crippen LogP contribution in [0.25, 0.3) is 0 Å². The van der Waals surface area contributed by atoms with E-state index < -0.39 is 5.60 Å². The highest BCUT2D eigenvalue weighted by Crippen LogP contribution is 2.73. The highest BCUT2D eigenvalue weighted by Gasteiger charge is 2.67. The Labute approximate surface area is 128 Å². The molecule has 4 saturated carbocycles.